The van der Waals surface area contributed by atoms with Crippen molar-refractivity contribution in [3.05, 3.63) is 22.8 Å². The van der Waals surface area contributed by atoms with Crippen LogP contribution in [0.5, 0.6) is 11.5 Å². The van der Waals surface area contributed by atoms with Gasteiger partial charge in [0, 0.05) is 13.2 Å². The zero-order chi connectivity index (χ0) is 13.7. The lowest BCUT2D eigenvalue weighted by Crippen LogP contribution is -2.09. The van der Waals surface area contributed by atoms with Gasteiger partial charge in [-0.15, -0.1) is 0 Å². The van der Waals surface area contributed by atoms with Crippen molar-refractivity contribution in [2.45, 2.75) is 20.8 Å². The Labute approximate surface area is 106 Å². The van der Waals surface area contributed by atoms with Gasteiger partial charge in [-0.3, -0.25) is 0 Å². The van der Waals surface area contributed by atoms with Crippen LogP contribution in [0.3, 0.4) is 0 Å². The Hall–Kier alpha value is -1.75. The molecule has 1 aromatic rings. The molecule has 100 valence electrons. The van der Waals surface area contributed by atoms with E-state index < -0.39 is 5.97 Å². The summed E-state index contributed by atoms with van der Waals surface area (Å²) < 4.78 is 15.0. The number of esters is 1. The molecular weight excluding hydrogens is 236 g/mol. The van der Waals surface area contributed by atoms with Crippen LogP contribution in [0.15, 0.2) is 6.07 Å². The molecular formula is C13H18O5. The third kappa shape index (κ3) is 2.92. The number of hydrogen-bond donors (Lipinski definition) is 1. The van der Waals surface area contributed by atoms with Crippen LogP contribution in [0.2, 0.25) is 0 Å². The molecule has 0 spiro atoms. The molecule has 0 aliphatic carbocycles. The van der Waals surface area contributed by atoms with E-state index in [1.54, 1.807) is 13.8 Å². The summed E-state index contributed by atoms with van der Waals surface area (Å²) in [6.45, 7) is 5.60. The number of carbonyl (C=O) groups is 1. The Morgan fingerprint density at radius 3 is 2.56 bits per heavy atom. The van der Waals surface area contributed by atoms with E-state index in [1.165, 1.54) is 13.2 Å². The van der Waals surface area contributed by atoms with Crippen LogP contribution in [0.1, 0.15) is 28.4 Å². The van der Waals surface area contributed by atoms with Crippen molar-refractivity contribution in [2.24, 2.45) is 0 Å². The minimum absolute atomic E-state index is 0.0818. The molecule has 0 atom stereocenters. The number of rotatable bonds is 5. The van der Waals surface area contributed by atoms with Gasteiger partial charge in [0.25, 0.3) is 0 Å². The van der Waals surface area contributed by atoms with Crippen LogP contribution in [0.4, 0.5) is 0 Å². The fourth-order valence-corrected chi connectivity index (χ4v) is 1.60. The van der Waals surface area contributed by atoms with Gasteiger partial charge >= 0.3 is 5.97 Å². The minimum atomic E-state index is -0.533. The molecule has 0 heterocycles. The van der Waals surface area contributed by atoms with Crippen molar-refractivity contribution in [3.8, 4) is 11.5 Å². The number of methoxy groups -OCH3 is 1. The standard InChI is InChI=1S/C13H18O5/c1-5-17-13(15)12-9(3)8(2)11(6-10(12)14)18-7-16-4/h6,14H,5,7H2,1-4H3. The molecule has 1 aromatic carbocycles. The van der Waals surface area contributed by atoms with Gasteiger partial charge in [0.15, 0.2) is 6.79 Å². The lowest BCUT2D eigenvalue weighted by Gasteiger charge is -2.15. The van der Waals surface area contributed by atoms with E-state index in [4.69, 9.17) is 14.2 Å². The summed E-state index contributed by atoms with van der Waals surface area (Å²) >= 11 is 0. The SMILES string of the molecule is CCOC(=O)c1c(O)cc(OCOC)c(C)c1C. The van der Waals surface area contributed by atoms with E-state index in [1.807, 2.05) is 6.92 Å². The summed E-state index contributed by atoms with van der Waals surface area (Å²) in [5.41, 5.74) is 1.59. The molecule has 0 saturated carbocycles. The van der Waals surface area contributed by atoms with Crippen molar-refractivity contribution < 1.29 is 24.1 Å². The van der Waals surface area contributed by atoms with Gasteiger partial charge in [-0.05, 0) is 31.9 Å². The Balaban J connectivity index is 3.16. The highest BCUT2D eigenvalue weighted by Gasteiger charge is 2.20. The topological polar surface area (TPSA) is 65.0 Å². The summed E-state index contributed by atoms with van der Waals surface area (Å²) in [6.07, 6.45) is 0. The molecule has 0 radical (unpaired) electrons. The van der Waals surface area contributed by atoms with Crippen molar-refractivity contribution in [2.75, 3.05) is 20.5 Å². The van der Waals surface area contributed by atoms with Crippen molar-refractivity contribution in [3.63, 3.8) is 0 Å². The monoisotopic (exact) mass is 254 g/mol. The number of hydrogen-bond acceptors (Lipinski definition) is 5. The second-order valence-corrected chi connectivity index (χ2v) is 3.79. The average molecular weight is 254 g/mol. The van der Waals surface area contributed by atoms with Gasteiger partial charge in [-0.1, -0.05) is 0 Å². The molecule has 0 fully saturated rings. The first-order valence-corrected chi connectivity index (χ1v) is 5.64. The minimum Gasteiger partial charge on any atom is -0.507 e. The van der Waals surface area contributed by atoms with Gasteiger partial charge in [0.05, 0.1) is 6.61 Å². The summed E-state index contributed by atoms with van der Waals surface area (Å²) in [4.78, 5) is 11.7. The largest absolute Gasteiger partial charge is 0.507 e. The number of benzene rings is 1. The van der Waals surface area contributed by atoms with E-state index in [0.717, 1.165) is 5.56 Å². The lowest BCUT2D eigenvalue weighted by molar-refractivity contribution is 0.0499. The van der Waals surface area contributed by atoms with Crippen molar-refractivity contribution >= 4 is 5.97 Å². The number of ether oxygens (including phenoxy) is 3. The maximum atomic E-state index is 11.7. The summed E-state index contributed by atoms with van der Waals surface area (Å²) in [5, 5.41) is 9.87. The number of phenols is 1. The van der Waals surface area contributed by atoms with Gasteiger partial charge in [0.2, 0.25) is 0 Å². The summed E-state index contributed by atoms with van der Waals surface area (Å²) in [5.74, 6) is -0.198. The van der Waals surface area contributed by atoms with Gasteiger partial charge in [-0.25, -0.2) is 4.79 Å². The first kappa shape index (κ1) is 14.3. The van der Waals surface area contributed by atoms with E-state index >= 15 is 0 Å². The lowest BCUT2D eigenvalue weighted by atomic mass is 10.0. The predicted octanol–water partition coefficient (Wildman–Crippen LogP) is 2.17. The maximum Gasteiger partial charge on any atom is 0.342 e. The fourth-order valence-electron chi connectivity index (χ4n) is 1.60. The first-order chi connectivity index (χ1) is 8.52. The normalized spacial score (nSPS) is 10.2. The number of carbonyl (C=O) groups excluding carboxylic acids is 1. The van der Waals surface area contributed by atoms with Crippen LogP contribution < -0.4 is 4.74 Å². The van der Waals surface area contributed by atoms with E-state index in [-0.39, 0.29) is 24.7 Å². The molecule has 0 amide bonds. The Morgan fingerprint density at radius 1 is 1.33 bits per heavy atom. The average Bonchev–Trinajstić information content (AvgIpc) is 2.32. The number of phenolic OH excluding ortho intramolecular Hbond substituents is 1. The van der Waals surface area contributed by atoms with Crippen LogP contribution in [-0.4, -0.2) is 31.6 Å². The van der Waals surface area contributed by atoms with E-state index in [2.05, 4.69) is 0 Å². The number of aromatic hydroxyl groups is 1. The molecule has 5 heteroatoms. The predicted molar refractivity (Wildman–Crippen MR) is 66.0 cm³/mol. The van der Waals surface area contributed by atoms with Crippen molar-refractivity contribution in [1.82, 2.24) is 0 Å². The zero-order valence-corrected chi connectivity index (χ0v) is 11.1. The quantitative estimate of drug-likeness (QED) is 0.644. The molecule has 0 unspecified atom stereocenters. The Bertz CT molecular complexity index is 439. The van der Waals surface area contributed by atoms with Crippen LogP contribution in [-0.2, 0) is 9.47 Å². The summed E-state index contributed by atoms with van der Waals surface area (Å²) in [7, 11) is 1.51. The molecule has 0 saturated heterocycles. The smallest absolute Gasteiger partial charge is 0.342 e. The fraction of sp³-hybridized carbons (Fsp3) is 0.462. The van der Waals surface area contributed by atoms with E-state index in [0.29, 0.717) is 11.3 Å². The van der Waals surface area contributed by atoms with Crippen molar-refractivity contribution in [1.29, 1.82) is 0 Å². The molecule has 1 rings (SSSR count). The maximum absolute atomic E-state index is 11.7. The third-order valence-corrected chi connectivity index (χ3v) is 2.64. The Morgan fingerprint density at radius 2 is 2.00 bits per heavy atom. The molecule has 18 heavy (non-hydrogen) atoms. The second kappa shape index (κ2) is 6.26. The van der Waals surface area contributed by atoms with Gasteiger partial charge in [0.1, 0.15) is 17.1 Å². The van der Waals surface area contributed by atoms with Crippen LogP contribution in [0.25, 0.3) is 0 Å². The highest BCUT2D eigenvalue weighted by Crippen LogP contribution is 2.32. The molecule has 5 nitrogen and oxygen atoms in total. The molecule has 0 aliphatic rings. The highest BCUT2D eigenvalue weighted by molar-refractivity contribution is 5.94. The van der Waals surface area contributed by atoms with Gasteiger partial charge in [-0.2, -0.15) is 0 Å². The van der Waals surface area contributed by atoms with Crippen LogP contribution >= 0.6 is 0 Å². The van der Waals surface area contributed by atoms with Crippen LogP contribution in [0, 0.1) is 13.8 Å². The van der Waals surface area contributed by atoms with Gasteiger partial charge < -0.3 is 19.3 Å². The summed E-state index contributed by atoms with van der Waals surface area (Å²) in [6, 6.07) is 1.40. The molecule has 1 N–H and O–H groups in total. The molecule has 0 bridgehead atoms. The zero-order valence-electron chi connectivity index (χ0n) is 11.1. The highest BCUT2D eigenvalue weighted by atomic mass is 16.7. The third-order valence-electron chi connectivity index (χ3n) is 2.64. The molecule has 0 aliphatic heterocycles. The first-order valence-electron chi connectivity index (χ1n) is 5.64. The second-order valence-electron chi connectivity index (χ2n) is 3.79. The Kier molecular flexibility index (Phi) is 4.97. The molecule has 0 aromatic heterocycles. The van der Waals surface area contributed by atoms with E-state index in [9.17, 15) is 9.90 Å².